The molecule has 2 bridgehead atoms. The summed E-state index contributed by atoms with van der Waals surface area (Å²) >= 11 is 0. The molecule has 5 fully saturated rings. The van der Waals surface area contributed by atoms with E-state index in [4.69, 9.17) is 4.74 Å². The van der Waals surface area contributed by atoms with Crippen LogP contribution in [0, 0.1) is 29.1 Å². The van der Waals surface area contributed by atoms with Crippen LogP contribution in [-0.2, 0) is 19.7 Å². The number of hydrogen-bond donors (Lipinski definition) is 1. The van der Waals surface area contributed by atoms with E-state index < -0.39 is 10.2 Å². The minimum absolute atomic E-state index is 0.0288. The lowest BCUT2D eigenvalue weighted by Crippen LogP contribution is -2.55. The molecule has 2 saturated heterocycles. The van der Waals surface area contributed by atoms with Crippen molar-refractivity contribution in [2.24, 2.45) is 29.1 Å². The Bertz CT molecular complexity index is 688. The van der Waals surface area contributed by atoms with Gasteiger partial charge in [0, 0.05) is 32.7 Å². The molecular formula is C20H35N3O4S. The molecule has 3 saturated carbocycles. The second kappa shape index (κ2) is 7.85. The first kappa shape index (κ1) is 20.6. The first-order chi connectivity index (χ1) is 13.3. The van der Waals surface area contributed by atoms with E-state index in [1.807, 2.05) is 0 Å². The van der Waals surface area contributed by atoms with Crippen molar-refractivity contribution >= 4 is 16.1 Å². The number of fused-ring (bicyclic) bond motifs is 2. The Morgan fingerprint density at radius 3 is 2.54 bits per heavy atom. The number of rotatable bonds is 5. The van der Waals surface area contributed by atoms with E-state index in [1.54, 1.807) is 0 Å². The molecule has 2 heterocycles. The van der Waals surface area contributed by atoms with Gasteiger partial charge in [0.1, 0.15) is 0 Å². The number of nitrogens with zero attached hydrogens (tertiary/aromatic N) is 2. The molecule has 0 radical (unpaired) electrons. The molecule has 5 aliphatic rings. The zero-order chi connectivity index (χ0) is 19.9. The number of carbonyl (C=O) groups excluding carboxylic acids is 1. The van der Waals surface area contributed by atoms with E-state index in [-0.39, 0.29) is 11.8 Å². The first-order valence-electron chi connectivity index (χ1n) is 10.9. The molecule has 0 aromatic rings. The van der Waals surface area contributed by atoms with Gasteiger partial charge in [-0.3, -0.25) is 4.79 Å². The lowest BCUT2D eigenvalue weighted by molar-refractivity contribution is -0.129. The van der Waals surface area contributed by atoms with E-state index in [0.29, 0.717) is 50.7 Å². The maximum absolute atomic E-state index is 12.9. The molecule has 1 amide bonds. The minimum Gasteiger partial charge on any atom is -0.379 e. The van der Waals surface area contributed by atoms with Crippen molar-refractivity contribution in [2.75, 3.05) is 45.9 Å². The van der Waals surface area contributed by atoms with Crippen LogP contribution in [0.1, 0.15) is 46.0 Å². The molecule has 28 heavy (non-hydrogen) atoms. The van der Waals surface area contributed by atoms with Crippen LogP contribution in [0.15, 0.2) is 0 Å². The second-order valence-corrected chi connectivity index (χ2v) is 11.6. The molecule has 0 spiro atoms. The normalized spacial score (nSPS) is 36.5. The van der Waals surface area contributed by atoms with Crippen LogP contribution in [0.5, 0.6) is 0 Å². The average Bonchev–Trinajstić information content (AvgIpc) is 2.72. The monoisotopic (exact) mass is 413 g/mol. The van der Waals surface area contributed by atoms with Crippen LogP contribution < -0.4 is 5.32 Å². The number of carbonyl (C=O) groups is 1. The Kier molecular flexibility index (Phi) is 5.77. The molecule has 1 N–H and O–H groups in total. The summed E-state index contributed by atoms with van der Waals surface area (Å²) in [6, 6.07) is 0. The van der Waals surface area contributed by atoms with Gasteiger partial charge < -0.3 is 10.1 Å². The van der Waals surface area contributed by atoms with Gasteiger partial charge in [0.05, 0.1) is 19.1 Å². The van der Waals surface area contributed by atoms with Gasteiger partial charge in [-0.05, 0) is 55.3 Å². The smallest absolute Gasteiger partial charge is 0.282 e. The Hall–Kier alpha value is -0.700. The molecule has 4 atom stereocenters. The van der Waals surface area contributed by atoms with Gasteiger partial charge in [-0.1, -0.05) is 13.8 Å². The van der Waals surface area contributed by atoms with Gasteiger partial charge in [-0.15, -0.1) is 0 Å². The third kappa shape index (κ3) is 3.73. The number of nitrogens with one attached hydrogen (secondary N) is 1. The van der Waals surface area contributed by atoms with Crippen LogP contribution >= 0.6 is 0 Å². The number of morpholine rings is 1. The van der Waals surface area contributed by atoms with Crippen LogP contribution in [0.4, 0.5) is 0 Å². The average molecular weight is 414 g/mol. The van der Waals surface area contributed by atoms with E-state index in [1.165, 1.54) is 27.9 Å². The number of hydrogen-bond acceptors (Lipinski definition) is 4. The number of piperidine rings is 1. The highest BCUT2D eigenvalue weighted by molar-refractivity contribution is 7.86. The SMILES string of the molecule is CC1(C)[C@H]2CC[C@@H](CNC(=O)C3CCCN(S(=O)(=O)N4CCOCC4)C3)[C@@H]1C2. The Balaban J connectivity index is 1.31. The summed E-state index contributed by atoms with van der Waals surface area (Å²) in [5.74, 6) is 1.94. The maximum Gasteiger partial charge on any atom is 0.282 e. The third-order valence-corrected chi connectivity index (χ3v) is 9.92. The highest BCUT2D eigenvalue weighted by atomic mass is 32.2. The molecule has 5 rings (SSSR count). The van der Waals surface area contributed by atoms with Gasteiger partial charge >= 0.3 is 0 Å². The third-order valence-electron chi connectivity index (χ3n) is 7.92. The summed E-state index contributed by atoms with van der Waals surface area (Å²) in [6.45, 7) is 7.96. The van der Waals surface area contributed by atoms with Gasteiger partial charge in [0.15, 0.2) is 0 Å². The van der Waals surface area contributed by atoms with Crippen molar-refractivity contribution in [3.05, 3.63) is 0 Å². The molecule has 0 aromatic heterocycles. The van der Waals surface area contributed by atoms with Crippen molar-refractivity contribution in [3.63, 3.8) is 0 Å². The summed E-state index contributed by atoms with van der Waals surface area (Å²) in [5.41, 5.74) is 0.418. The molecule has 8 heteroatoms. The highest BCUT2D eigenvalue weighted by Crippen LogP contribution is 2.61. The van der Waals surface area contributed by atoms with Crippen molar-refractivity contribution < 1.29 is 17.9 Å². The summed E-state index contributed by atoms with van der Waals surface area (Å²) in [4.78, 5) is 12.8. The summed E-state index contributed by atoms with van der Waals surface area (Å²) in [5, 5.41) is 3.17. The van der Waals surface area contributed by atoms with Gasteiger partial charge in [0.2, 0.25) is 5.91 Å². The fraction of sp³-hybridized carbons (Fsp3) is 0.950. The standard InChI is InChI=1S/C20H35N3O4S/c1-20(2)17-6-5-15(18(20)12-17)13-21-19(24)16-4-3-7-23(14-16)28(25,26)22-8-10-27-11-9-22/h15-18H,3-14H2,1-2H3,(H,21,24)/t15-,16?,17-,18-/m0/s1. The number of ether oxygens (including phenoxy) is 1. The largest absolute Gasteiger partial charge is 0.379 e. The van der Waals surface area contributed by atoms with Crippen LogP contribution in [0.2, 0.25) is 0 Å². The summed E-state index contributed by atoms with van der Waals surface area (Å²) < 4.78 is 34.1. The van der Waals surface area contributed by atoms with E-state index in [2.05, 4.69) is 19.2 Å². The molecule has 3 aliphatic carbocycles. The highest BCUT2D eigenvalue weighted by Gasteiger charge is 2.54. The predicted molar refractivity (Wildman–Crippen MR) is 107 cm³/mol. The van der Waals surface area contributed by atoms with Crippen LogP contribution in [-0.4, -0.2) is 68.9 Å². The molecular weight excluding hydrogens is 378 g/mol. The van der Waals surface area contributed by atoms with Crippen molar-refractivity contribution in [3.8, 4) is 0 Å². The second-order valence-electron chi connectivity index (χ2n) is 9.66. The van der Waals surface area contributed by atoms with Crippen LogP contribution in [0.25, 0.3) is 0 Å². The number of amides is 1. The van der Waals surface area contributed by atoms with E-state index in [9.17, 15) is 13.2 Å². The lowest BCUT2D eigenvalue weighted by Gasteiger charge is -2.60. The molecule has 0 aromatic carbocycles. The fourth-order valence-electron chi connectivity index (χ4n) is 5.89. The van der Waals surface area contributed by atoms with Crippen molar-refractivity contribution in [1.29, 1.82) is 0 Å². The molecule has 7 nitrogen and oxygen atoms in total. The van der Waals surface area contributed by atoms with Gasteiger partial charge in [-0.2, -0.15) is 17.0 Å². The zero-order valence-corrected chi connectivity index (χ0v) is 18.0. The molecule has 2 aliphatic heterocycles. The summed E-state index contributed by atoms with van der Waals surface area (Å²) in [7, 11) is -3.50. The molecule has 160 valence electrons. The quantitative estimate of drug-likeness (QED) is 0.740. The Morgan fingerprint density at radius 1 is 1.11 bits per heavy atom. The first-order valence-corrected chi connectivity index (χ1v) is 12.3. The lowest BCUT2D eigenvalue weighted by atomic mass is 9.45. The van der Waals surface area contributed by atoms with E-state index >= 15 is 0 Å². The van der Waals surface area contributed by atoms with Gasteiger partial charge in [0.25, 0.3) is 10.2 Å². The van der Waals surface area contributed by atoms with E-state index in [0.717, 1.165) is 31.2 Å². The van der Waals surface area contributed by atoms with Gasteiger partial charge in [-0.25, -0.2) is 0 Å². The Morgan fingerprint density at radius 2 is 1.86 bits per heavy atom. The maximum atomic E-state index is 12.9. The zero-order valence-electron chi connectivity index (χ0n) is 17.2. The van der Waals surface area contributed by atoms with Crippen molar-refractivity contribution in [2.45, 2.75) is 46.0 Å². The Labute approximate surface area is 169 Å². The van der Waals surface area contributed by atoms with Crippen LogP contribution in [0.3, 0.4) is 0 Å². The predicted octanol–water partition coefficient (Wildman–Crippen LogP) is 1.46. The fourth-order valence-corrected chi connectivity index (χ4v) is 7.55. The topological polar surface area (TPSA) is 79.0 Å². The molecule has 1 unspecified atom stereocenters. The van der Waals surface area contributed by atoms with Crippen molar-refractivity contribution in [1.82, 2.24) is 13.9 Å². The minimum atomic E-state index is -3.50. The summed E-state index contributed by atoms with van der Waals surface area (Å²) in [6.07, 6.45) is 5.30.